The molecule has 34 heavy (non-hydrogen) atoms. The Hall–Kier alpha value is -1.31. The van der Waals surface area contributed by atoms with Crippen LogP contribution in [0.1, 0.15) is 25.5 Å². The van der Waals surface area contributed by atoms with Crippen LogP contribution in [0.3, 0.4) is 0 Å². The molecule has 1 rings (SSSR count). The lowest BCUT2D eigenvalue weighted by molar-refractivity contribution is -0.704. The third-order valence-corrected chi connectivity index (χ3v) is 9.82. The van der Waals surface area contributed by atoms with E-state index in [9.17, 15) is 43.2 Å². The van der Waals surface area contributed by atoms with E-state index in [2.05, 4.69) is 35.9 Å². The summed E-state index contributed by atoms with van der Waals surface area (Å²) < 4.78 is 128. The van der Waals surface area contributed by atoms with Gasteiger partial charge >= 0.3 is 19.8 Å². The first-order valence-electron chi connectivity index (χ1n) is 9.41. The van der Waals surface area contributed by atoms with Crippen LogP contribution in [0.2, 0.25) is 6.04 Å². The summed E-state index contributed by atoms with van der Waals surface area (Å²) in [5.41, 5.74) is -11.0. The molecule has 9 nitrogen and oxygen atoms in total. The molecule has 0 spiro atoms. The van der Waals surface area contributed by atoms with Crippen LogP contribution in [-0.2, 0) is 46.3 Å². The Morgan fingerprint density at radius 3 is 1.74 bits per heavy atom. The van der Waals surface area contributed by atoms with E-state index in [1.54, 1.807) is 21.3 Å². The number of pyridine rings is 1. The number of alkyl halides is 6. The molecule has 0 fully saturated rings. The second-order valence-electron chi connectivity index (χ2n) is 6.41. The molecule has 1 heterocycles. The Labute approximate surface area is 195 Å². The van der Waals surface area contributed by atoms with Crippen LogP contribution in [-0.4, -0.2) is 58.0 Å². The maximum Gasteiger partial charge on any atom is 0.500 e. The summed E-state index contributed by atoms with van der Waals surface area (Å²) in [7, 11) is -10.8. The lowest BCUT2D eigenvalue weighted by atomic mass is 10.2. The van der Waals surface area contributed by atoms with Crippen LogP contribution < -0.4 is 4.57 Å². The zero-order valence-electron chi connectivity index (χ0n) is 18.7. The van der Waals surface area contributed by atoms with Gasteiger partial charge in [0.15, 0.2) is 31.9 Å². The van der Waals surface area contributed by atoms with Crippen LogP contribution in [0.15, 0.2) is 24.4 Å². The van der Waals surface area contributed by atoms with E-state index in [0.717, 1.165) is 36.0 Å². The molecule has 18 heteroatoms. The maximum absolute atomic E-state index is 11.4. The van der Waals surface area contributed by atoms with Gasteiger partial charge in [-0.05, 0) is 6.42 Å². The van der Waals surface area contributed by atoms with Gasteiger partial charge in [-0.2, -0.15) is 26.3 Å². The number of rotatable bonds is 11. The minimum Gasteiger partial charge on any atom is -0.421 e. The number of unbranched alkanes of at least 4 members (excludes halogenated alkanes) is 1. The molecule has 200 valence electrons. The average Bonchev–Trinajstić information content (AvgIpc) is 2.73. The molecule has 0 N–H and O–H groups in total. The quantitative estimate of drug-likeness (QED) is 0.175. The molecule has 0 unspecified atom stereocenters. The van der Waals surface area contributed by atoms with E-state index in [4.69, 9.17) is 13.3 Å². The molecule has 1 aromatic rings. The highest BCUT2D eigenvalue weighted by Gasteiger charge is 2.47. The Morgan fingerprint density at radius 2 is 1.35 bits per heavy atom. The average molecular weight is 565 g/mol. The van der Waals surface area contributed by atoms with Crippen molar-refractivity contribution in [3.8, 4) is 0 Å². The van der Waals surface area contributed by atoms with Gasteiger partial charge in [0.1, 0.15) is 6.54 Å². The van der Waals surface area contributed by atoms with Crippen LogP contribution >= 0.6 is 0 Å². The molecule has 0 aliphatic rings. The molecule has 0 aliphatic carbocycles. The molecule has 0 radical (unpaired) electrons. The van der Waals surface area contributed by atoms with Gasteiger partial charge in [-0.25, -0.2) is 21.4 Å². The van der Waals surface area contributed by atoms with Crippen LogP contribution in [0, 0.1) is 0 Å². The first-order valence-corrected chi connectivity index (χ1v) is 14.2. The number of nitrogens with zero attached hydrogens (tertiary/aromatic N) is 2. The SMILES string of the molecule is CCc1cccc[n+]1CCCC[Si](OC)(OC)OC.O=S(=O)([N-]S(=O)(=O)C(F)(F)F)C(F)(F)F. The summed E-state index contributed by atoms with van der Waals surface area (Å²) >= 11 is 0. The van der Waals surface area contributed by atoms with Crippen LogP contribution in [0.5, 0.6) is 0 Å². The van der Waals surface area contributed by atoms with E-state index in [1.165, 1.54) is 5.69 Å². The number of aryl methyl sites for hydroxylation is 2. The Balaban J connectivity index is 0.000000661. The molecular weight excluding hydrogens is 538 g/mol. The van der Waals surface area contributed by atoms with Crippen molar-refractivity contribution in [3.63, 3.8) is 0 Å². The second-order valence-corrected chi connectivity index (χ2v) is 12.9. The second kappa shape index (κ2) is 13.1. The first kappa shape index (κ1) is 32.7. The normalized spacial score (nSPS) is 13.4. The van der Waals surface area contributed by atoms with E-state index in [1.807, 2.05) is 0 Å². The largest absolute Gasteiger partial charge is 0.500 e. The van der Waals surface area contributed by atoms with Crippen molar-refractivity contribution < 1.29 is 61.0 Å². The fourth-order valence-electron chi connectivity index (χ4n) is 2.44. The predicted octanol–water partition coefficient (Wildman–Crippen LogP) is 3.25. The van der Waals surface area contributed by atoms with Gasteiger partial charge < -0.3 is 17.4 Å². The minimum atomic E-state index is -6.72. The number of halogens is 6. The lowest BCUT2D eigenvalue weighted by Crippen LogP contribution is -2.43. The van der Waals surface area contributed by atoms with E-state index >= 15 is 0 Å². The molecule has 0 aliphatic heterocycles. The molecule has 0 aromatic carbocycles. The Morgan fingerprint density at radius 1 is 0.882 bits per heavy atom. The molecule has 0 bridgehead atoms. The number of aromatic nitrogens is 1. The monoisotopic (exact) mass is 564 g/mol. The maximum atomic E-state index is 11.4. The zero-order chi connectivity index (χ0) is 26.8. The zero-order valence-corrected chi connectivity index (χ0v) is 21.3. The number of hydrogen-bond acceptors (Lipinski definition) is 7. The highest BCUT2D eigenvalue weighted by Crippen LogP contribution is 2.36. The van der Waals surface area contributed by atoms with Gasteiger partial charge in [0.2, 0.25) is 0 Å². The van der Waals surface area contributed by atoms with Gasteiger partial charge in [-0.15, -0.1) is 0 Å². The van der Waals surface area contributed by atoms with E-state index in [-0.39, 0.29) is 0 Å². The minimum absolute atomic E-state index is 0.778. The summed E-state index contributed by atoms with van der Waals surface area (Å²) in [6.07, 6.45) is 5.36. The smallest absolute Gasteiger partial charge is 0.421 e. The number of sulfonamides is 2. The first-order chi connectivity index (χ1) is 15.4. The Bertz CT molecular complexity index is 919. The van der Waals surface area contributed by atoms with Crippen molar-refractivity contribution in [2.45, 2.75) is 49.8 Å². The fourth-order valence-corrected chi connectivity index (χ4v) is 5.95. The van der Waals surface area contributed by atoms with Gasteiger partial charge in [-0.1, -0.05) is 13.0 Å². The third-order valence-electron chi connectivity index (χ3n) is 4.24. The van der Waals surface area contributed by atoms with Gasteiger partial charge in [0.25, 0.3) is 0 Å². The van der Waals surface area contributed by atoms with Crippen molar-refractivity contribution in [1.29, 1.82) is 0 Å². The fraction of sp³-hybridized carbons (Fsp3) is 0.688. The topological polar surface area (TPSA) is 114 Å². The Kier molecular flexibility index (Phi) is 12.6. The van der Waals surface area contributed by atoms with Crippen molar-refractivity contribution in [2.75, 3.05) is 21.3 Å². The standard InChI is InChI=1S/C14H26NO3Si.C2F6NO4S2/c1-5-14-10-6-7-11-15(14)12-8-9-13-19(16-2,17-3)18-4;3-1(4,5)14(10,11)9-15(12,13)2(6,7)8/h6-7,10-11H,5,8-9,12-13H2,1-4H3;/q+1;-1. The molecule has 0 amide bonds. The molecular formula is C16H26F6N2O7S2Si. The van der Waals surface area contributed by atoms with Crippen molar-refractivity contribution in [1.82, 2.24) is 0 Å². The van der Waals surface area contributed by atoms with Crippen LogP contribution in [0.4, 0.5) is 26.3 Å². The van der Waals surface area contributed by atoms with Crippen LogP contribution in [0.25, 0.3) is 4.13 Å². The lowest BCUT2D eigenvalue weighted by Gasteiger charge is -2.23. The number of hydrogen-bond donors (Lipinski definition) is 0. The third kappa shape index (κ3) is 9.74. The highest BCUT2D eigenvalue weighted by molar-refractivity contribution is 8.13. The van der Waals surface area contributed by atoms with E-state index < -0.39 is 39.9 Å². The predicted molar refractivity (Wildman–Crippen MR) is 110 cm³/mol. The van der Waals surface area contributed by atoms with Crippen molar-refractivity contribution in [2.24, 2.45) is 0 Å². The van der Waals surface area contributed by atoms with E-state index in [0.29, 0.717) is 0 Å². The van der Waals surface area contributed by atoms with Crippen molar-refractivity contribution in [3.05, 3.63) is 34.2 Å². The van der Waals surface area contributed by atoms with Gasteiger partial charge in [0, 0.05) is 52.3 Å². The van der Waals surface area contributed by atoms with Gasteiger partial charge in [0.05, 0.1) is 0 Å². The summed E-state index contributed by atoms with van der Waals surface area (Å²) in [5, 5.41) is 0. The highest BCUT2D eigenvalue weighted by atomic mass is 32.3. The molecule has 0 saturated carbocycles. The summed E-state index contributed by atoms with van der Waals surface area (Å²) in [6, 6.07) is 7.22. The molecule has 1 aromatic heterocycles. The summed E-state index contributed by atoms with van der Waals surface area (Å²) in [6.45, 7) is 3.22. The van der Waals surface area contributed by atoms with Crippen molar-refractivity contribution >= 4 is 28.9 Å². The molecule has 0 saturated heterocycles. The molecule has 0 atom stereocenters. The summed E-state index contributed by atoms with van der Waals surface area (Å²) in [5.74, 6) is 0. The van der Waals surface area contributed by atoms with Gasteiger partial charge in [-0.3, -0.25) is 0 Å². The summed E-state index contributed by atoms with van der Waals surface area (Å²) in [4.78, 5) is 0.